The van der Waals surface area contributed by atoms with E-state index < -0.39 is 7.12 Å². The minimum absolute atomic E-state index is 0. The van der Waals surface area contributed by atoms with Gasteiger partial charge in [0.05, 0.1) is 0 Å². The van der Waals surface area contributed by atoms with E-state index in [0.717, 1.165) is 18.8 Å². The van der Waals surface area contributed by atoms with Crippen molar-refractivity contribution < 1.29 is 10.0 Å². The van der Waals surface area contributed by atoms with Gasteiger partial charge in [0.15, 0.2) is 0 Å². The first-order valence-electron chi connectivity index (χ1n) is 5.48. The molecular weight excluding hydrogens is 224 g/mol. The van der Waals surface area contributed by atoms with Crippen LogP contribution < -0.4 is 10.4 Å². The molecule has 1 saturated heterocycles. The standard InChI is InChI=1S/C11H16BNO2.ClH/c14-12(15)10-5-4-6-11(9-10)13-7-2-1-3-8-13;/h4-6,9,14-15H,1-3,7-8H2;1H. The van der Waals surface area contributed by atoms with Gasteiger partial charge in [0, 0.05) is 18.8 Å². The Bertz CT molecular complexity index is 330. The summed E-state index contributed by atoms with van der Waals surface area (Å²) in [5.74, 6) is 0. The topological polar surface area (TPSA) is 43.7 Å². The lowest BCUT2D eigenvalue weighted by Crippen LogP contribution is -2.33. The van der Waals surface area contributed by atoms with Gasteiger partial charge in [0.25, 0.3) is 0 Å². The number of benzene rings is 1. The van der Waals surface area contributed by atoms with Gasteiger partial charge < -0.3 is 14.9 Å². The third-order valence-electron chi connectivity index (χ3n) is 2.89. The summed E-state index contributed by atoms with van der Waals surface area (Å²) in [5.41, 5.74) is 1.67. The lowest BCUT2D eigenvalue weighted by molar-refractivity contribution is 0.426. The summed E-state index contributed by atoms with van der Waals surface area (Å²) in [6.07, 6.45) is 3.76. The highest BCUT2D eigenvalue weighted by atomic mass is 35.5. The first-order valence-corrected chi connectivity index (χ1v) is 5.48. The van der Waals surface area contributed by atoms with Crippen molar-refractivity contribution in [3.05, 3.63) is 24.3 Å². The Balaban J connectivity index is 0.00000128. The third-order valence-corrected chi connectivity index (χ3v) is 2.89. The predicted molar refractivity (Wildman–Crippen MR) is 69.6 cm³/mol. The Morgan fingerprint density at radius 3 is 2.38 bits per heavy atom. The number of nitrogens with zero attached hydrogens (tertiary/aromatic N) is 1. The van der Waals surface area contributed by atoms with Crippen molar-refractivity contribution in [3.8, 4) is 0 Å². The van der Waals surface area contributed by atoms with Gasteiger partial charge in [-0.2, -0.15) is 0 Å². The van der Waals surface area contributed by atoms with Crippen LogP contribution in [0.4, 0.5) is 5.69 Å². The summed E-state index contributed by atoms with van der Waals surface area (Å²) in [6, 6.07) is 7.49. The molecule has 1 aliphatic heterocycles. The van der Waals surface area contributed by atoms with Crippen LogP contribution in [0.15, 0.2) is 24.3 Å². The monoisotopic (exact) mass is 241 g/mol. The van der Waals surface area contributed by atoms with E-state index in [1.54, 1.807) is 6.07 Å². The molecule has 0 spiro atoms. The molecule has 16 heavy (non-hydrogen) atoms. The summed E-state index contributed by atoms with van der Waals surface area (Å²) in [5, 5.41) is 18.2. The fourth-order valence-corrected chi connectivity index (χ4v) is 2.03. The molecule has 88 valence electrons. The fraction of sp³-hybridized carbons (Fsp3) is 0.455. The Morgan fingerprint density at radius 2 is 1.75 bits per heavy atom. The molecule has 5 heteroatoms. The van der Waals surface area contributed by atoms with Crippen LogP contribution in [0.25, 0.3) is 0 Å². The minimum atomic E-state index is -1.37. The largest absolute Gasteiger partial charge is 0.488 e. The van der Waals surface area contributed by atoms with Crippen LogP contribution in [0.2, 0.25) is 0 Å². The van der Waals surface area contributed by atoms with E-state index in [-0.39, 0.29) is 12.4 Å². The normalized spacial score (nSPS) is 15.5. The number of rotatable bonds is 2. The molecule has 3 nitrogen and oxygen atoms in total. The van der Waals surface area contributed by atoms with E-state index in [2.05, 4.69) is 4.90 Å². The van der Waals surface area contributed by atoms with Crippen LogP contribution in [0.1, 0.15) is 19.3 Å². The van der Waals surface area contributed by atoms with Gasteiger partial charge in [-0.05, 0) is 36.9 Å². The highest BCUT2D eigenvalue weighted by molar-refractivity contribution is 6.58. The first-order chi connectivity index (χ1) is 7.27. The van der Waals surface area contributed by atoms with Crippen LogP contribution in [-0.2, 0) is 0 Å². The maximum atomic E-state index is 9.08. The Hall–Kier alpha value is -0.705. The van der Waals surface area contributed by atoms with E-state index in [9.17, 15) is 0 Å². The zero-order valence-electron chi connectivity index (χ0n) is 9.17. The second-order valence-corrected chi connectivity index (χ2v) is 4.02. The average Bonchev–Trinajstić information content (AvgIpc) is 2.30. The van der Waals surface area contributed by atoms with Crippen molar-refractivity contribution in [2.45, 2.75) is 19.3 Å². The SMILES string of the molecule is Cl.OB(O)c1cccc(N2CCCCC2)c1. The van der Waals surface area contributed by atoms with Gasteiger partial charge in [-0.25, -0.2) is 0 Å². The molecule has 2 rings (SSSR count). The van der Waals surface area contributed by atoms with Gasteiger partial charge in [0.2, 0.25) is 0 Å². The quantitative estimate of drug-likeness (QED) is 0.752. The molecule has 0 saturated carbocycles. The predicted octanol–water partition coefficient (Wildman–Crippen LogP) is 0.778. The van der Waals surface area contributed by atoms with E-state index in [4.69, 9.17) is 10.0 Å². The van der Waals surface area contributed by atoms with Gasteiger partial charge in [-0.1, -0.05) is 12.1 Å². The third kappa shape index (κ3) is 3.14. The van der Waals surface area contributed by atoms with Crippen molar-refractivity contribution in [1.29, 1.82) is 0 Å². The number of piperidine rings is 1. The molecule has 1 fully saturated rings. The van der Waals surface area contributed by atoms with E-state index in [1.807, 2.05) is 18.2 Å². The van der Waals surface area contributed by atoms with Gasteiger partial charge in [0.1, 0.15) is 0 Å². The van der Waals surface area contributed by atoms with Gasteiger partial charge in [-0.3, -0.25) is 0 Å². The lowest BCUT2D eigenvalue weighted by Gasteiger charge is -2.29. The molecule has 0 atom stereocenters. The van der Waals surface area contributed by atoms with Crippen molar-refractivity contribution in [1.82, 2.24) is 0 Å². The fourth-order valence-electron chi connectivity index (χ4n) is 2.03. The highest BCUT2D eigenvalue weighted by Gasteiger charge is 2.14. The molecule has 1 heterocycles. The van der Waals surface area contributed by atoms with Crippen LogP contribution >= 0.6 is 12.4 Å². The molecule has 0 unspecified atom stereocenters. The van der Waals surface area contributed by atoms with Crippen molar-refractivity contribution in [2.24, 2.45) is 0 Å². The summed E-state index contributed by atoms with van der Waals surface area (Å²) < 4.78 is 0. The minimum Gasteiger partial charge on any atom is -0.423 e. The lowest BCUT2D eigenvalue weighted by atomic mass is 9.80. The van der Waals surface area contributed by atoms with Crippen LogP contribution in [0.3, 0.4) is 0 Å². The zero-order valence-corrected chi connectivity index (χ0v) is 9.99. The van der Waals surface area contributed by atoms with Crippen LogP contribution in [-0.4, -0.2) is 30.3 Å². The van der Waals surface area contributed by atoms with Crippen LogP contribution in [0, 0.1) is 0 Å². The summed E-state index contributed by atoms with van der Waals surface area (Å²) in [6.45, 7) is 2.15. The first kappa shape index (κ1) is 13.4. The molecule has 0 radical (unpaired) electrons. The molecular formula is C11H17BClNO2. The van der Waals surface area contributed by atoms with E-state index in [0.29, 0.717) is 5.46 Å². The van der Waals surface area contributed by atoms with Gasteiger partial charge >= 0.3 is 7.12 Å². The van der Waals surface area contributed by atoms with Crippen LogP contribution in [0.5, 0.6) is 0 Å². The number of hydrogen-bond acceptors (Lipinski definition) is 3. The smallest absolute Gasteiger partial charge is 0.423 e. The second-order valence-electron chi connectivity index (χ2n) is 4.02. The molecule has 0 aromatic heterocycles. The second kappa shape index (κ2) is 6.13. The molecule has 1 aliphatic rings. The molecule has 0 aliphatic carbocycles. The number of anilines is 1. The maximum Gasteiger partial charge on any atom is 0.488 e. The Labute approximate surface area is 103 Å². The maximum absolute atomic E-state index is 9.08. The molecule has 1 aromatic carbocycles. The summed E-state index contributed by atoms with van der Waals surface area (Å²) in [4.78, 5) is 2.30. The molecule has 1 aromatic rings. The van der Waals surface area contributed by atoms with Crippen molar-refractivity contribution in [3.63, 3.8) is 0 Å². The van der Waals surface area contributed by atoms with Crippen molar-refractivity contribution >= 4 is 30.7 Å². The van der Waals surface area contributed by atoms with E-state index >= 15 is 0 Å². The average molecular weight is 242 g/mol. The highest BCUT2D eigenvalue weighted by Crippen LogP contribution is 2.18. The number of halogens is 1. The molecule has 2 N–H and O–H groups in total. The zero-order chi connectivity index (χ0) is 10.7. The summed E-state index contributed by atoms with van der Waals surface area (Å²) >= 11 is 0. The Kier molecular flexibility index (Phi) is 5.12. The molecule has 0 amide bonds. The van der Waals surface area contributed by atoms with E-state index in [1.165, 1.54) is 19.3 Å². The van der Waals surface area contributed by atoms with Gasteiger partial charge in [-0.15, -0.1) is 12.4 Å². The molecule has 0 bridgehead atoms. The number of hydrogen-bond donors (Lipinski definition) is 2. The summed E-state index contributed by atoms with van der Waals surface area (Å²) in [7, 11) is -1.37. The Morgan fingerprint density at radius 1 is 1.06 bits per heavy atom. The van der Waals surface area contributed by atoms with Crippen molar-refractivity contribution in [2.75, 3.05) is 18.0 Å².